The summed E-state index contributed by atoms with van der Waals surface area (Å²) in [7, 11) is 0. The average molecular weight is 413 g/mol. The van der Waals surface area contributed by atoms with Crippen molar-refractivity contribution < 1.29 is 23.9 Å². The SMILES string of the molecule is CCOC(=O)c1cc(C2CC=C(/C=C3/C(=O)NC(=O)C(C#N)=C3C)O2)ccc1Cl. The third kappa shape index (κ3) is 4.08. The van der Waals surface area contributed by atoms with Crippen LogP contribution >= 0.6 is 11.6 Å². The molecule has 8 heteroatoms. The maximum Gasteiger partial charge on any atom is 0.339 e. The van der Waals surface area contributed by atoms with Gasteiger partial charge in [-0.05, 0) is 49.3 Å². The minimum atomic E-state index is -0.709. The lowest BCUT2D eigenvalue weighted by Gasteiger charge is -2.17. The lowest BCUT2D eigenvalue weighted by Crippen LogP contribution is -2.37. The Bertz CT molecular complexity index is 1050. The van der Waals surface area contributed by atoms with Crippen molar-refractivity contribution in [2.75, 3.05) is 6.61 Å². The van der Waals surface area contributed by atoms with Crippen LogP contribution in [0.15, 0.2) is 52.8 Å². The van der Waals surface area contributed by atoms with Gasteiger partial charge in [0.15, 0.2) is 0 Å². The topological polar surface area (TPSA) is 105 Å². The number of benzene rings is 1. The fourth-order valence-corrected chi connectivity index (χ4v) is 3.24. The zero-order chi connectivity index (χ0) is 21.1. The van der Waals surface area contributed by atoms with Crippen molar-refractivity contribution in [2.45, 2.75) is 26.4 Å². The number of nitrogens with zero attached hydrogens (tertiary/aromatic N) is 1. The summed E-state index contributed by atoms with van der Waals surface area (Å²) < 4.78 is 10.9. The summed E-state index contributed by atoms with van der Waals surface area (Å²) in [6.45, 7) is 3.49. The highest BCUT2D eigenvalue weighted by molar-refractivity contribution is 6.33. The van der Waals surface area contributed by atoms with Crippen LogP contribution in [0.4, 0.5) is 0 Å². The number of hydrogen-bond acceptors (Lipinski definition) is 6. The van der Waals surface area contributed by atoms with Crippen LogP contribution in [0.3, 0.4) is 0 Å². The van der Waals surface area contributed by atoms with E-state index in [0.717, 1.165) is 5.56 Å². The first-order chi connectivity index (χ1) is 13.8. The van der Waals surface area contributed by atoms with Crippen molar-refractivity contribution in [2.24, 2.45) is 0 Å². The third-order valence-corrected chi connectivity index (χ3v) is 4.87. The Morgan fingerprint density at radius 2 is 2.17 bits per heavy atom. The van der Waals surface area contributed by atoms with E-state index in [9.17, 15) is 14.4 Å². The monoisotopic (exact) mass is 412 g/mol. The van der Waals surface area contributed by atoms with E-state index in [0.29, 0.717) is 17.8 Å². The Labute approximate surface area is 172 Å². The number of halogens is 1. The molecule has 1 atom stereocenters. The van der Waals surface area contributed by atoms with E-state index in [-0.39, 0.29) is 34.4 Å². The minimum Gasteiger partial charge on any atom is -0.486 e. The summed E-state index contributed by atoms with van der Waals surface area (Å²) in [6.07, 6.45) is 3.42. The molecule has 0 radical (unpaired) electrons. The minimum absolute atomic E-state index is 0.109. The lowest BCUT2D eigenvalue weighted by molar-refractivity contribution is -0.126. The standard InChI is InChI=1S/C21H17ClN2O5/c1-3-28-21(27)15-8-12(4-6-17(15)22)18-7-5-13(29-18)9-14-11(2)16(10-23)20(26)24-19(14)25/h4-6,8-9,18H,3,7H2,1-2H3,(H,24,25,26)/b14-9+. The fourth-order valence-electron chi connectivity index (χ4n) is 3.05. The molecule has 0 spiro atoms. The Balaban J connectivity index is 1.83. The number of amides is 2. The molecular formula is C21H17ClN2O5. The van der Waals surface area contributed by atoms with Gasteiger partial charge in [-0.25, -0.2) is 4.79 Å². The smallest absolute Gasteiger partial charge is 0.339 e. The van der Waals surface area contributed by atoms with Gasteiger partial charge in [-0.15, -0.1) is 0 Å². The van der Waals surface area contributed by atoms with E-state index >= 15 is 0 Å². The third-order valence-electron chi connectivity index (χ3n) is 4.55. The molecule has 2 aliphatic rings. The number of esters is 1. The van der Waals surface area contributed by atoms with E-state index in [1.165, 1.54) is 6.08 Å². The Morgan fingerprint density at radius 3 is 2.86 bits per heavy atom. The molecule has 0 bridgehead atoms. The van der Waals surface area contributed by atoms with E-state index < -0.39 is 17.8 Å². The largest absolute Gasteiger partial charge is 0.486 e. The number of allylic oxidation sites excluding steroid dienone is 1. The van der Waals surface area contributed by atoms with Crippen molar-refractivity contribution in [3.05, 3.63) is 69.0 Å². The quantitative estimate of drug-likeness (QED) is 0.462. The van der Waals surface area contributed by atoms with Crippen LogP contribution in [0.1, 0.15) is 42.3 Å². The second-order valence-electron chi connectivity index (χ2n) is 6.36. The first kappa shape index (κ1) is 20.4. The highest BCUT2D eigenvalue weighted by Gasteiger charge is 2.29. The molecule has 148 valence electrons. The number of nitriles is 1. The molecule has 0 fully saturated rings. The molecule has 1 unspecified atom stereocenters. The first-order valence-corrected chi connectivity index (χ1v) is 9.25. The van der Waals surface area contributed by atoms with Crippen LogP contribution < -0.4 is 5.32 Å². The number of nitrogens with one attached hydrogen (secondary N) is 1. The number of carbonyl (C=O) groups is 3. The highest BCUT2D eigenvalue weighted by atomic mass is 35.5. The van der Waals surface area contributed by atoms with Gasteiger partial charge in [0.1, 0.15) is 23.5 Å². The summed E-state index contributed by atoms with van der Waals surface area (Å²) in [4.78, 5) is 35.9. The first-order valence-electron chi connectivity index (χ1n) is 8.87. The van der Waals surface area contributed by atoms with E-state index in [2.05, 4.69) is 5.32 Å². The molecule has 0 saturated heterocycles. The normalized spacial score (nSPS) is 20.1. The van der Waals surface area contributed by atoms with Gasteiger partial charge in [0.05, 0.1) is 17.2 Å². The van der Waals surface area contributed by atoms with Gasteiger partial charge in [0, 0.05) is 12.0 Å². The van der Waals surface area contributed by atoms with Crippen LogP contribution in [0, 0.1) is 11.3 Å². The number of carbonyl (C=O) groups excluding carboxylic acids is 3. The summed E-state index contributed by atoms with van der Waals surface area (Å²) in [5.74, 6) is -1.38. The van der Waals surface area contributed by atoms with Gasteiger partial charge in [0.2, 0.25) is 0 Å². The Morgan fingerprint density at radius 1 is 1.41 bits per heavy atom. The maximum absolute atomic E-state index is 12.1. The molecular weight excluding hydrogens is 396 g/mol. The van der Waals surface area contributed by atoms with Gasteiger partial charge in [-0.3, -0.25) is 14.9 Å². The van der Waals surface area contributed by atoms with Crippen LogP contribution in [-0.2, 0) is 19.1 Å². The summed E-state index contributed by atoms with van der Waals surface area (Å²) in [6, 6.07) is 6.79. The van der Waals surface area contributed by atoms with Crippen LogP contribution in [0.5, 0.6) is 0 Å². The molecule has 0 aromatic heterocycles. The summed E-state index contributed by atoms with van der Waals surface area (Å²) in [5.41, 5.74) is 1.36. The molecule has 7 nitrogen and oxygen atoms in total. The Kier molecular flexibility index (Phi) is 5.85. The molecule has 1 N–H and O–H groups in total. The van der Waals surface area contributed by atoms with Crippen molar-refractivity contribution in [3.63, 3.8) is 0 Å². The molecule has 1 aromatic rings. The predicted octanol–water partition coefficient (Wildman–Crippen LogP) is 3.28. The van der Waals surface area contributed by atoms with Gasteiger partial charge in [-0.1, -0.05) is 17.7 Å². The lowest BCUT2D eigenvalue weighted by atomic mass is 9.96. The second-order valence-corrected chi connectivity index (χ2v) is 6.77. The van der Waals surface area contributed by atoms with Crippen LogP contribution in [0.2, 0.25) is 5.02 Å². The van der Waals surface area contributed by atoms with E-state index in [4.69, 9.17) is 26.3 Å². The van der Waals surface area contributed by atoms with Gasteiger partial charge in [-0.2, -0.15) is 5.26 Å². The van der Waals surface area contributed by atoms with Crippen molar-refractivity contribution in [1.29, 1.82) is 5.26 Å². The molecule has 2 amide bonds. The average Bonchev–Trinajstić information content (AvgIpc) is 3.14. The maximum atomic E-state index is 12.1. The van der Waals surface area contributed by atoms with E-state index in [1.54, 1.807) is 44.2 Å². The Hall–Kier alpha value is -3.37. The zero-order valence-corrected chi connectivity index (χ0v) is 16.5. The van der Waals surface area contributed by atoms with Gasteiger partial charge in [0.25, 0.3) is 11.8 Å². The van der Waals surface area contributed by atoms with Crippen LogP contribution in [-0.4, -0.2) is 24.4 Å². The van der Waals surface area contributed by atoms with E-state index in [1.807, 2.05) is 0 Å². The molecule has 29 heavy (non-hydrogen) atoms. The van der Waals surface area contributed by atoms with Crippen molar-refractivity contribution in [1.82, 2.24) is 5.32 Å². The second kappa shape index (κ2) is 8.33. The molecule has 0 aliphatic carbocycles. The number of rotatable bonds is 4. The zero-order valence-electron chi connectivity index (χ0n) is 15.7. The molecule has 3 rings (SSSR count). The van der Waals surface area contributed by atoms with Crippen LogP contribution in [0.25, 0.3) is 0 Å². The van der Waals surface area contributed by atoms with Gasteiger partial charge < -0.3 is 9.47 Å². The molecule has 1 aromatic carbocycles. The summed E-state index contributed by atoms with van der Waals surface area (Å²) in [5, 5.41) is 11.5. The van der Waals surface area contributed by atoms with Gasteiger partial charge >= 0.3 is 5.97 Å². The highest BCUT2D eigenvalue weighted by Crippen LogP contribution is 2.34. The molecule has 2 heterocycles. The summed E-state index contributed by atoms with van der Waals surface area (Å²) >= 11 is 6.09. The number of ether oxygens (including phenoxy) is 2. The van der Waals surface area contributed by atoms with Crippen molar-refractivity contribution >= 4 is 29.4 Å². The number of imide groups is 1. The molecule has 2 aliphatic heterocycles. The number of hydrogen-bond donors (Lipinski definition) is 1. The van der Waals surface area contributed by atoms with Crippen molar-refractivity contribution in [3.8, 4) is 6.07 Å². The predicted molar refractivity (Wildman–Crippen MR) is 103 cm³/mol. The fraction of sp³-hybridized carbons (Fsp3) is 0.238. The molecule has 0 saturated carbocycles.